The molecule has 0 aliphatic heterocycles. The fourth-order valence-corrected chi connectivity index (χ4v) is 0.363. The zero-order valence-electron chi connectivity index (χ0n) is 4.95. The van der Waals surface area contributed by atoms with Crippen LogP contribution in [0.2, 0.25) is 0 Å². The Labute approximate surface area is 48.2 Å². The summed E-state index contributed by atoms with van der Waals surface area (Å²) in [5, 5.41) is 0. The van der Waals surface area contributed by atoms with E-state index in [0.717, 1.165) is 0 Å². The van der Waals surface area contributed by atoms with Gasteiger partial charge in [-0.25, -0.2) is 8.78 Å². The first-order valence-electron chi connectivity index (χ1n) is 2.61. The van der Waals surface area contributed by atoms with Gasteiger partial charge in [0.25, 0.3) is 0 Å². The Hall–Kier alpha value is -0.400. The highest BCUT2D eigenvalue weighted by atomic mass is 19.3. The highest BCUT2D eigenvalue weighted by Crippen LogP contribution is 2.09. The molecular weight excluding hydrogens is 110 g/mol. The minimum atomic E-state index is -2.22. The van der Waals surface area contributed by atoms with E-state index in [2.05, 4.69) is 6.58 Å². The lowest BCUT2D eigenvalue weighted by atomic mass is 10.2. The van der Waals surface area contributed by atoms with Gasteiger partial charge in [0.15, 0.2) is 0 Å². The number of hydrogen-bond acceptors (Lipinski definition) is 0. The average Bonchev–Trinajstić information content (AvgIpc) is 1.65. The normalized spacial score (nSPS) is 10.0. The van der Waals surface area contributed by atoms with Crippen LogP contribution >= 0.6 is 0 Å². The monoisotopic (exact) mass is 120 g/mol. The molecule has 48 valence electrons. The number of rotatable bonds is 3. The van der Waals surface area contributed by atoms with Gasteiger partial charge in [-0.15, -0.1) is 0 Å². The Morgan fingerprint density at radius 2 is 2.12 bits per heavy atom. The predicted octanol–water partition coefficient (Wildman–Crippen LogP) is 2.61. The Kier molecular flexibility index (Phi) is 3.40. The molecule has 0 aliphatic rings. The minimum absolute atomic E-state index is 0.142. The zero-order chi connectivity index (χ0) is 6.57. The SMILES string of the molecule is C=C(CC)CC(F)F. The van der Waals surface area contributed by atoms with Crippen LogP contribution in [0, 0.1) is 0 Å². The fourth-order valence-electron chi connectivity index (χ4n) is 0.363. The molecule has 0 aromatic heterocycles. The standard InChI is InChI=1S/C6H10F2/c1-3-5(2)4-6(7)8/h6H,2-4H2,1H3. The first kappa shape index (κ1) is 7.60. The summed E-state index contributed by atoms with van der Waals surface area (Å²) < 4.78 is 22.8. The van der Waals surface area contributed by atoms with E-state index in [1.54, 1.807) is 0 Å². The molecule has 0 atom stereocenters. The van der Waals surface area contributed by atoms with Crippen LogP contribution in [0.25, 0.3) is 0 Å². The van der Waals surface area contributed by atoms with Gasteiger partial charge in [0.1, 0.15) is 0 Å². The van der Waals surface area contributed by atoms with Gasteiger partial charge in [-0.2, -0.15) is 0 Å². The molecule has 0 aromatic carbocycles. The third-order valence-corrected chi connectivity index (χ3v) is 0.943. The molecule has 0 fully saturated rings. The van der Waals surface area contributed by atoms with E-state index in [1.165, 1.54) is 0 Å². The summed E-state index contributed by atoms with van der Waals surface area (Å²) in [6.45, 7) is 5.26. The van der Waals surface area contributed by atoms with Crippen LogP contribution in [0.1, 0.15) is 19.8 Å². The summed E-state index contributed by atoms with van der Waals surface area (Å²) >= 11 is 0. The summed E-state index contributed by atoms with van der Waals surface area (Å²) in [6, 6.07) is 0. The summed E-state index contributed by atoms with van der Waals surface area (Å²) in [5.74, 6) is 0. The first-order chi connectivity index (χ1) is 3.66. The van der Waals surface area contributed by atoms with E-state index in [4.69, 9.17) is 0 Å². The van der Waals surface area contributed by atoms with Gasteiger partial charge in [0, 0.05) is 6.42 Å². The van der Waals surface area contributed by atoms with Crippen molar-refractivity contribution in [3.63, 3.8) is 0 Å². The quantitative estimate of drug-likeness (QED) is 0.502. The number of halogens is 2. The van der Waals surface area contributed by atoms with Crippen molar-refractivity contribution < 1.29 is 8.78 Å². The topological polar surface area (TPSA) is 0 Å². The summed E-state index contributed by atoms with van der Waals surface area (Å²) in [7, 11) is 0. The molecule has 0 amide bonds. The molecule has 0 saturated carbocycles. The second kappa shape index (κ2) is 3.58. The fraction of sp³-hybridized carbons (Fsp3) is 0.667. The summed E-state index contributed by atoms with van der Waals surface area (Å²) in [6.07, 6.45) is -1.71. The first-order valence-corrected chi connectivity index (χ1v) is 2.61. The smallest absolute Gasteiger partial charge is 0.210 e. The maximum atomic E-state index is 11.4. The van der Waals surface area contributed by atoms with E-state index in [0.29, 0.717) is 12.0 Å². The largest absolute Gasteiger partial charge is 0.242 e. The maximum absolute atomic E-state index is 11.4. The lowest BCUT2D eigenvalue weighted by molar-refractivity contribution is 0.148. The van der Waals surface area contributed by atoms with Crippen molar-refractivity contribution in [2.24, 2.45) is 0 Å². The van der Waals surface area contributed by atoms with Crippen LogP contribution in [0.4, 0.5) is 8.78 Å². The van der Waals surface area contributed by atoms with E-state index < -0.39 is 6.43 Å². The van der Waals surface area contributed by atoms with Gasteiger partial charge in [-0.3, -0.25) is 0 Å². The number of alkyl halides is 2. The minimum Gasteiger partial charge on any atom is -0.210 e. The summed E-state index contributed by atoms with van der Waals surface area (Å²) in [5.41, 5.74) is 0.625. The molecule has 0 N–H and O–H groups in total. The molecule has 0 unspecified atom stereocenters. The molecule has 0 aromatic rings. The molecular formula is C6H10F2. The van der Waals surface area contributed by atoms with Crippen LogP contribution in [0.3, 0.4) is 0 Å². The molecule has 2 heteroatoms. The Bertz CT molecular complexity index is 76.6. The van der Waals surface area contributed by atoms with Crippen LogP contribution in [0.15, 0.2) is 12.2 Å². The van der Waals surface area contributed by atoms with Crippen LogP contribution in [0.5, 0.6) is 0 Å². The lowest BCUT2D eigenvalue weighted by Crippen LogP contribution is -1.90. The molecule has 0 saturated heterocycles. The second-order valence-electron chi connectivity index (χ2n) is 1.70. The van der Waals surface area contributed by atoms with Crippen LogP contribution < -0.4 is 0 Å². The Morgan fingerprint density at radius 3 is 2.25 bits per heavy atom. The van der Waals surface area contributed by atoms with Gasteiger partial charge in [0.05, 0.1) is 0 Å². The Morgan fingerprint density at radius 1 is 1.62 bits per heavy atom. The molecule has 0 bridgehead atoms. The van der Waals surface area contributed by atoms with Crippen molar-refractivity contribution in [1.29, 1.82) is 0 Å². The lowest BCUT2D eigenvalue weighted by Gasteiger charge is -1.97. The third-order valence-electron chi connectivity index (χ3n) is 0.943. The summed E-state index contributed by atoms with van der Waals surface area (Å²) in [4.78, 5) is 0. The van der Waals surface area contributed by atoms with Crippen molar-refractivity contribution in [3.05, 3.63) is 12.2 Å². The van der Waals surface area contributed by atoms with E-state index in [1.807, 2.05) is 6.92 Å². The molecule has 0 heterocycles. The highest BCUT2D eigenvalue weighted by Gasteiger charge is 2.01. The highest BCUT2D eigenvalue weighted by molar-refractivity contribution is 4.92. The van der Waals surface area contributed by atoms with Gasteiger partial charge >= 0.3 is 0 Å². The number of hydrogen-bond donors (Lipinski definition) is 0. The molecule has 0 radical (unpaired) electrons. The van der Waals surface area contributed by atoms with Gasteiger partial charge in [-0.05, 0) is 6.42 Å². The van der Waals surface area contributed by atoms with Gasteiger partial charge < -0.3 is 0 Å². The third kappa shape index (κ3) is 3.78. The second-order valence-corrected chi connectivity index (χ2v) is 1.70. The van der Waals surface area contributed by atoms with Crippen molar-refractivity contribution in [1.82, 2.24) is 0 Å². The predicted molar refractivity (Wildman–Crippen MR) is 30.1 cm³/mol. The molecule has 0 rings (SSSR count). The van der Waals surface area contributed by atoms with E-state index in [9.17, 15) is 8.78 Å². The van der Waals surface area contributed by atoms with Crippen molar-refractivity contribution >= 4 is 0 Å². The van der Waals surface area contributed by atoms with Crippen LogP contribution in [-0.2, 0) is 0 Å². The van der Waals surface area contributed by atoms with Gasteiger partial charge in [0.2, 0.25) is 6.43 Å². The molecule has 0 nitrogen and oxygen atoms in total. The van der Waals surface area contributed by atoms with E-state index in [-0.39, 0.29) is 6.42 Å². The van der Waals surface area contributed by atoms with Crippen molar-refractivity contribution in [3.8, 4) is 0 Å². The van der Waals surface area contributed by atoms with Crippen molar-refractivity contribution in [2.75, 3.05) is 0 Å². The zero-order valence-corrected chi connectivity index (χ0v) is 4.95. The van der Waals surface area contributed by atoms with Crippen molar-refractivity contribution in [2.45, 2.75) is 26.2 Å². The molecule has 0 spiro atoms. The van der Waals surface area contributed by atoms with E-state index >= 15 is 0 Å². The number of allylic oxidation sites excluding steroid dienone is 1. The Balaban J connectivity index is 3.25. The van der Waals surface area contributed by atoms with Gasteiger partial charge in [-0.1, -0.05) is 19.1 Å². The van der Waals surface area contributed by atoms with Crippen LogP contribution in [-0.4, -0.2) is 6.43 Å². The average molecular weight is 120 g/mol. The molecule has 0 aliphatic carbocycles. The maximum Gasteiger partial charge on any atom is 0.242 e. The molecule has 8 heavy (non-hydrogen) atoms.